The summed E-state index contributed by atoms with van der Waals surface area (Å²) in [6, 6.07) is 12.8. The summed E-state index contributed by atoms with van der Waals surface area (Å²) in [6.45, 7) is 12.7. The van der Waals surface area contributed by atoms with Crippen LogP contribution in [-0.2, 0) is 20.2 Å². The third kappa shape index (κ3) is 3.04. The van der Waals surface area contributed by atoms with Crippen molar-refractivity contribution in [1.82, 2.24) is 9.29 Å². The molecule has 1 N–H and O–H groups in total. The van der Waals surface area contributed by atoms with Crippen LogP contribution in [0.15, 0.2) is 66.2 Å². The largest absolute Gasteiger partial charge is 0.354 e. The fourth-order valence-corrected chi connectivity index (χ4v) is 7.92. The van der Waals surface area contributed by atoms with Crippen molar-refractivity contribution in [3.05, 3.63) is 78.0 Å². The minimum absolute atomic E-state index is 0.0242. The van der Waals surface area contributed by atoms with Crippen molar-refractivity contribution >= 4 is 27.3 Å². The van der Waals surface area contributed by atoms with Crippen LogP contribution in [0.1, 0.15) is 56.2 Å². The molecule has 2 aliphatic carbocycles. The molecule has 34 heavy (non-hydrogen) atoms. The molecule has 5 rings (SSSR count). The molecular formula is C28H32N2O3S. The molecule has 3 aromatic rings. The van der Waals surface area contributed by atoms with Gasteiger partial charge in [0.1, 0.15) is 0 Å². The smallest absolute Gasteiger partial charge is 0.268 e. The summed E-state index contributed by atoms with van der Waals surface area (Å²) in [5.74, 6) is 0.234. The van der Waals surface area contributed by atoms with Gasteiger partial charge in [-0.25, -0.2) is 12.4 Å². The average molecular weight is 477 g/mol. The molecule has 6 heteroatoms. The molecule has 0 saturated heterocycles. The van der Waals surface area contributed by atoms with Gasteiger partial charge in [0.2, 0.25) is 6.41 Å². The molecule has 0 spiro atoms. The lowest BCUT2D eigenvalue weighted by molar-refractivity contribution is -0.111. The first-order valence-electron chi connectivity index (χ1n) is 11.9. The number of amides is 1. The highest BCUT2D eigenvalue weighted by Crippen LogP contribution is 2.59. The maximum Gasteiger partial charge on any atom is 0.268 e. The van der Waals surface area contributed by atoms with Crippen LogP contribution >= 0.6 is 0 Å². The fraction of sp³-hybridized carbons (Fsp3) is 0.393. The van der Waals surface area contributed by atoms with Crippen LogP contribution in [0, 0.1) is 18.3 Å². The Kier molecular flexibility index (Phi) is 5.10. The molecule has 2 aromatic carbocycles. The van der Waals surface area contributed by atoms with Crippen LogP contribution < -0.4 is 5.32 Å². The lowest BCUT2D eigenvalue weighted by Crippen LogP contribution is -2.55. The van der Waals surface area contributed by atoms with Crippen molar-refractivity contribution in [2.24, 2.45) is 11.3 Å². The molecule has 1 aromatic heterocycles. The first kappa shape index (κ1) is 22.9. The van der Waals surface area contributed by atoms with Crippen molar-refractivity contribution in [2.45, 2.75) is 62.8 Å². The summed E-state index contributed by atoms with van der Waals surface area (Å²) in [7, 11) is -3.79. The molecule has 1 saturated carbocycles. The number of rotatable bonds is 5. The van der Waals surface area contributed by atoms with E-state index in [0.29, 0.717) is 5.52 Å². The maximum atomic E-state index is 13.8. The van der Waals surface area contributed by atoms with Gasteiger partial charge in [0.05, 0.1) is 10.4 Å². The second kappa shape index (κ2) is 7.57. The number of fused-ring (bicyclic) bond motifs is 2. The van der Waals surface area contributed by atoms with Crippen LogP contribution in [0.3, 0.4) is 0 Å². The van der Waals surface area contributed by atoms with Gasteiger partial charge in [-0.15, -0.1) is 6.58 Å². The summed E-state index contributed by atoms with van der Waals surface area (Å²) in [5.41, 5.74) is 3.41. The van der Waals surface area contributed by atoms with Crippen molar-refractivity contribution in [3.63, 3.8) is 0 Å². The monoisotopic (exact) mass is 476 g/mol. The minimum atomic E-state index is -3.79. The maximum absolute atomic E-state index is 13.8. The van der Waals surface area contributed by atoms with Crippen molar-refractivity contribution in [2.75, 3.05) is 0 Å². The van der Waals surface area contributed by atoms with E-state index in [1.807, 2.05) is 43.5 Å². The van der Waals surface area contributed by atoms with Gasteiger partial charge in [-0.05, 0) is 60.4 Å². The van der Waals surface area contributed by atoms with Crippen LogP contribution in [0.2, 0.25) is 0 Å². The standard InChI is InChI=1S/C28H32N2O3S/c1-6-28(5)15-14-22-25(26(28)29-17-31)20-16-30(34(32,33)19-12-10-18(2)11-13-19)23-9-7-8-21(24(20)23)27(22,3)4/h6-13,16-17,22,25-26H,1,14-15H2,2-5H3,(H,29,31)/t22-,25-,26-,28+/m1/s1. The second-order valence-electron chi connectivity index (χ2n) is 10.8. The Bertz CT molecular complexity index is 1400. The normalized spacial score (nSPS) is 27.7. The van der Waals surface area contributed by atoms with E-state index >= 15 is 0 Å². The average Bonchev–Trinajstić information content (AvgIpc) is 3.20. The quantitative estimate of drug-likeness (QED) is 0.402. The molecule has 0 radical (unpaired) electrons. The molecule has 4 atom stereocenters. The Morgan fingerprint density at radius 3 is 2.47 bits per heavy atom. The van der Waals surface area contributed by atoms with Gasteiger partial charge in [-0.3, -0.25) is 4.79 Å². The van der Waals surface area contributed by atoms with E-state index in [4.69, 9.17) is 0 Å². The Hall–Kier alpha value is -2.86. The Balaban J connectivity index is 1.81. The molecule has 0 aliphatic heterocycles. The topological polar surface area (TPSA) is 68.2 Å². The van der Waals surface area contributed by atoms with Crippen molar-refractivity contribution in [1.29, 1.82) is 0 Å². The highest BCUT2D eigenvalue weighted by atomic mass is 32.2. The second-order valence-corrected chi connectivity index (χ2v) is 12.6. The number of carbonyl (C=O) groups excluding carboxylic acids is 1. The van der Waals surface area contributed by atoms with Crippen LogP contribution in [0.5, 0.6) is 0 Å². The zero-order valence-corrected chi connectivity index (χ0v) is 21.0. The van der Waals surface area contributed by atoms with Gasteiger partial charge in [0, 0.05) is 29.0 Å². The van der Waals surface area contributed by atoms with E-state index in [9.17, 15) is 13.2 Å². The Morgan fingerprint density at radius 2 is 1.82 bits per heavy atom. The van der Waals surface area contributed by atoms with Gasteiger partial charge in [-0.2, -0.15) is 0 Å². The summed E-state index contributed by atoms with van der Waals surface area (Å²) >= 11 is 0. The predicted octanol–water partition coefficient (Wildman–Crippen LogP) is 5.28. The Labute approximate surface area is 201 Å². The lowest BCUT2D eigenvalue weighted by Gasteiger charge is -2.55. The van der Waals surface area contributed by atoms with E-state index in [2.05, 4.69) is 38.7 Å². The van der Waals surface area contributed by atoms with E-state index < -0.39 is 10.0 Å². The zero-order valence-electron chi connectivity index (χ0n) is 20.2. The summed E-state index contributed by atoms with van der Waals surface area (Å²) in [6.07, 6.45) is 6.43. The molecule has 0 unspecified atom stereocenters. The van der Waals surface area contributed by atoms with Gasteiger partial charge < -0.3 is 5.32 Å². The number of hydrogen-bond acceptors (Lipinski definition) is 3. The van der Waals surface area contributed by atoms with E-state index in [1.165, 1.54) is 9.54 Å². The van der Waals surface area contributed by atoms with Crippen molar-refractivity contribution in [3.8, 4) is 0 Å². The summed E-state index contributed by atoms with van der Waals surface area (Å²) < 4.78 is 29.1. The highest BCUT2D eigenvalue weighted by molar-refractivity contribution is 7.90. The van der Waals surface area contributed by atoms with Gasteiger partial charge in [0.25, 0.3) is 10.0 Å². The third-order valence-corrected chi connectivity index (χ3v) is 10.3. The number of aryl methyl sites for hydroxylation is 1. The zero-order chi connectivity index (χ0) is 24.5. The number of carbonyl (C=O) groups is 1. The number of nitrogens with one attached hydrogen (secondary N) is 1. The third-order valence-electron chi connectivity index (χ3n) is 8.59. The van der Waals surface area contributed by atoms with Crippen LogP contribution in [0.25, 0.3) is 10.9 Å². The summed E-state index contributed by atoms with van der Waals surface area (Å²) in [4.78, 5) is 12.0. The first-order valence-corrected chi connectivity index (χ1v) is 13.3. The molecule has 2 aliphatic rings. The van der Waals surface area contributed by atoms with Gasteiger partial charge in [-0.1, -0.05) is 56.7 Å². The number of aromatic nitrogens is 1. The van der Waals surface area contributed by atoms with Crippen molar-refractivity contribution < 1.29 is 13.2 Å². The highest BCUT2D eigenvalue weighted by Gasteiger charge is 2.54. The van der Waals surface area contributed by atoms with E-state index in [1.54, 1.807) is 12.1 Å². The molecule has 5 nitrogen and oxygen atoms in total. The number of benzene rings is 2. The predicted molar refractivity (Wildman–Crippen MR) is 135 cm³/mol. The van der Waals surface area contributed by atoms with Gasteiger partial charge in [0.15, 0.2) is 0 Å². The fourth-order valence-electron chi connectivity index (χ4n) is 6.55. The first-order chi connectivity index (χ1) is 16.1. The summed E-state index contributed by atoms with van der Waals surface area (Å²) in [5, 5.41) is 4.11. The van der Waals surface area contributed by atoms with Gasteiger partial charge >= 0.3 is 0 Å². The number of nitrogens with zero attached hydrogens (tertiary/aromatic N) is 1. The molecule has 1 heterocycles. The molecule has 178 valence electrons. The van der Waals surface area contributed by atoms with Crippen LogP contribution in [0.4, 0.5) is 0 Å². The lowest BCUT2D eigenvalue weighted by atomic mass is 9.51. The molecular weight excluding hydrogens is 444 g/mol. The molecule has 1 amide bonds. The SMILES string of the molecule is C=C[C@@]1(C)CC[C@@H]2[C@@H](c3cn(S(=O)(=O)c4ccc(C)cc4)c4cccc(c34)C2(C)C)[C@H]1NC=O. The number of hydrogen-bond donors (Lipinski definition) is 1. The molecule has 0 bridgehead atoms. The van der Waals surface area contributed by atoms with E-state index in [0.717, 1.165) is 35.8 Å². The van der Waals surface area contributed by atoms with E-state index in [-0.39, 0.29) is 33.6 Å². The minimum Gasteiger partial charge on any atom is -0.354 e. The van der Waals surface area contributed by atoms with Crippen LogP contribution in [-0.4, -0.2) is 24.8 Å². The Morgan fingerprint density at radius 1 is 1.12 bits per heavy atom. The molecule has 1 fully saturated rings.